The Hall–Kier alpha value is -4.34. The Kier molecular flexibility index (Phi) is 10.4. The number of aliphatic carboxylic acids is 1. The van der Waals surface area contributed by atoms with Crippen molar-refractivity contribution in [3.63, 3.8) is 0 Å². The highest BCUT2D eigenvalue weighted by molar-refractivity contribution is 6.23. The van der Waals surface area contributed by atoms with Gasteiger partial charge in [-0.25, -0.2) is 0 Å². The number of rotatable bonds is 10. The van der Waals surface area contributed by atoms with Gasteiger partial charge >= 0.3 is 5.97 Å². The average Bonchev–Trinajstić information content (AvgIpc) is 3.06. The van der Waals surface area contributed by atoms with Gasteiger partial charge in [0, 0.05) is 29.5 Å². The van der Waals surface area contributed by atoms with Crippen molar-refractivity contribution in [2.45, 2.75) is 125 Å². The summed E-state index contributed by atoms with van der Waals surface area (Å²) in [4.78, 5) is 51.5. The highest BCUT2D eigenvalue weighted by Crippen LogP contribution is 2.62. The Balaban J connectivity index is 1.50. The van der Waals surface area contributed by atoms with E-state index in [2.05, 4.69) is 19.6 Å². The number of aliphatic hydroxyl groups excluding tert-OH is 2. The van der Waals surface area contributed by atoms with Crippen molar-refractivity contribution in [2.24, 2.45) is 28.1 Å². The summed E-state index contributed by atoms with van der Waals surface area (Å²) in [6.07, 6.45) is 7.19. The highest BCUT2D eigenvalue weighted by atomic mass is 16.5. The minimum absolute atomic E-state index is 0.0323. The number of fused-ring (bicyclic) bond motifs is 2. The molecule has 0 radical (unpaired) electrons. The van der Waals surface area contributed by atoms with Crippen LogP contribution in [0.5, 0.6) is 17.2 Å². The monoisotopic (exact) mass is 718 g/mol. The van der Waals surface area contributed by atoms with Crippen LogP contribution in [0.3, 0.4) is 0 Å². The van der Waals surface area contributed by atoms with E-state index < -0.39 is 69.5 Å². The van der Waals surface area contributed by atoms with Crippen LogP contribution in [-0.2, 0) is 27.2 Å². The van der Waals surface area contributed by atoms with Gasteiger partial charge in [0.2, 0.25) is 0 Å². The Morgan fingerprint density at radius 3 is 2.27 bits per heavy atom. The predicted molar refractivity (Wildman–Crippen MR) is 196 cm³/mol. The number of hydrogen-bond acceptors (Lipinski definition) is 9. The standard InChI is InChI=1S/C42H54O10/c1-9-11-28(44)32-34(46)25(20-26-35(47)31(23(4)43)38(49)40(5,6)37(26)48)33(45)24-14-16-29(52-36(24)32)22(3)12-15-27-21(2)13-17-30-41(27,7)18-10-19-42(30,8)39(50)51/h12,27,29-30,45-48H,2,9-11,13-20H2,1,3-8H3,(H,50,51)/t27-,29-,30+,41+,42+/m1/s1. The molecule has 5 rings (SSSR count). The molecule has 3 aliphatic carbocycles. The number of carbonyl (C=O) groups is 4. The van der Waals surface area contributed by atoms with Crippen LogP contribution in [0, 0.1) is 28.1 Å². The second-order valence-electron chi connectivity index (χ2n) is 16.5. The summed E-state index contributed by atoms with van der Waals surface area (Å²) in [6.45, 7) is 16.3. The van der Waals surface area contributed by atoms with Crippen molar-refractivity contribution in [1.82, 2.24) is 0 Å². The summed E-state index contributed by atoms with van der Waals surface area (Å²) < 4.78 is 6.48. The average molecular weight is 719 g/mol. The molecule has 1 aromatic carbocycles. The molecule has 0 amide bonds. The first-order valence-electron chi connectivity index (χ1n) is 18.5. The zero-order chi connectivity index (χ0) is 38.7. The molecule has 5 atom stereocenters. The minimum atomic E-state index is -1.56. The van der Waals surface area contributed by atoms with Gasteiger partial charge in [0.05, 0.1) is 10.8 Å². The van der Waals surface area contributed by atoms with E-state index in [1.54, 1.807) is 0 Å². The Morgan fingerprint density at radius 1 is 0.981 bits per heavy atom. The summed E-state index contributed by atoms with van der Waals surface area (Å²) in [6, 6.07) is 0. The van der Waals surface area contributed by atoms with Gasteiger partial charge in [0.25, 0.3) is 0 Å². The molecule has 282 valence electrons. The van der Waals surface area contributed by atoms with Crippen LogP contribution in [0.2, 0.25) is 0 Å². The van der Waals surface area contributed by atoms with Gasteiger partial charge in [0.1, 0.15) is 46.0 Å². The number of aliphatic hydroxyl groups is 2. The number of phenols is 2. The molecular weight excluding hydrogens is 664 g/mol. The molecule has 52 heavy (non-hydrogen) atoms. The molecule has 1 heterocycles. The smallest absolute Gasteiger partial charge is 0.309 e. The minimum Gasteiger partial charge on any atom is -0.511 e. The number of Topliss-reactive ketones (excluding diaryl/α,β-unsaturated/α-hetero) is 3. The quantitative estimate of drug-likeness (QED) is 0.0897. The molecule has 1 aliphatic heterocycles. The van der Waals surface area contributed by atoms with Crippen LogP contribution in [0.4, 0.5) is 0 Å². The maximum absolute atomic E-state index is 13.6. The molecule has 4 aliphatic rings. The van der Waals surface area contributed by atoms with E-state index in [0.717, 1.165) is 43.8 Å². The van der Waals surface area contributed by atoms with E-state index >= 15 is 0 Å². The highest BCUT2D eigenvalue weighted by Gasteiger charge is 2.57. The van der Waals surface area contributed by atoms with Crippen molar-refractivity contribution < 1.29 is 49.4 Å². The van der Waals surface area contributed by atoms with Crippen molar-refractivity contribution >= 4 is 23.3 Å². The van der Waals surface area contributed by atoms with Gasteiger partial charge in [0.15, 0.2) is 17.3 Å². The van der Waals surface area contributed by atoms with Crippen LogP contribution in [-0.4, -0.2) is 55.0 Å². The van der Waals surface area contributed by atoms with Crippen LogP contribution in [0.15, 0.2) is 46.5 Å². The number of phenolic OH excluding ortho intramolecular Hbond substituents is 2. The first-order chi connectivity index (χ1) is 24.2. The summed E-state index contributed by atoms with van der Waals surface area (Å²) in [5, 5.41) is 55.7. The van der Waals surface area contributed by atoms with Crippen molar-refractivity contribution in [1.29, 1.82) is 0 Å². The zero-order valence-electron chi connectivity index (χ0n) is 31.6. The van der Waals surface area contributed by atoms with Gasteiger partial charge in [-0.15, -0.1) is 0 Å². The molecule has 1 aromatic rings. The summed E-state index contributed by atoms with van der Waals surface area (Å²) in [7, 11) is 0. The van der Waals surface area contributed by atoms with Crippen LogP contribution >= 0.6 is 0 Å². The largest absolute Gasteiger partial charge is 0.511 e. The summed E-state index contributed by atoms with van der Waals surface area (Å²) >= 11 is 0. The normalized spacial score (nSPS) is 29.0. The topological polar surface area (TPSA) is 179 Å². The molecule has 5 N–H and O–H groups in total. The SMILES string of the molecule is C=C1CC[C@H]2[C@@](C)(CCC[C@]2(C)C(=O)O)[C@@H]1CC=C(C)[C@H]1CCc2c(O)c(CC3=C(O)C(C)(C)C(=O)C(C(C)=O)=C3O)c(O)c(C(=O)CCC)c2O1. The fourth-order valence-electron chi connectivity index (χ4n) is 9.66. The van der Waals surface area contributed by atoms with E-state index in [9.17, 15) is 44.7 Å². The molecule has 10 heteroatoms. The first-order valence-corrected chi connectivity index (χ1v) is 18.5. The Labute approximate surface area is 306 Å². The van der Waals surface area contributed by atoms with Crippen molar-refractivity contribution in [3.8, 4) is 17.2 Å². The lowest BCUT2D eigenvalue weighted by Crippen LogP contribution is -2.53. The Morgan fingerprint density at radius 2 is 1.65 bits per heavy atom. The molecular formula is C42H54O10. The second-order valence-corrected chi connectivity index (χ2v) is 16.5. The maximum Gasteiger partial charge on any atom is 0.309 e. The van der Waals surface area contributed by atoms with Gasteiger partial charge in [-0.05, 0) is 109 Å². The summed E-state index contributed by atoms with van der Waals surface area (Å²) in [5.74, 6) is -4.53. The molecule has 0 bridgehead atoms. The number of ketones is 3. The summed E-state index contributed by atoms with van der Waals surface area (Å²) in [5.41, 5.74) is -1.12. The number of ether oxygens (including phenoxy) is 1. The molecule has 10 nitrogen and oxygen atoms in total. The third kappa shape index (κ3) is 6.15. The van der Waals surface area contributed by atoms with Gasteiger partial charge < -0.3 is 30.3 Å². The molecule has 0 spiro atoms. The van der Waals surface area contributed by atoms with E-state index in [1.807, 2.05) is 20.8 Å². The van der Waals surface area contributed by atoms with E-state index in [-0.39, 0.29) is 51.9 Å². The van der Waals surface area contributed by atoms with E-state index in [4.69, 9.17) is 4.74 Å². The second kappa shape index (κ2) is 13.9. The zero-order valence-corrected chi connectivity index (χ0v) is 31.6. The van der Waals surface area contributed by atoms with Crippen LogP contribution < -0.4 is 4.74 Å². The lowest BCUT2D eigenvalue weighted by molar-refractivity contribution is -0.164. The number of benzene rings is 1. The molecule has 0 unspecified atom stereocenters. The third-order valence-corrected chi connectivity index (χ3v) is 12.9. The predicted octanol–water partition coefficient (Wildman–Crippen LogP) is 8.34. The number of hydrogen-bond donors (Lipinski definition) is 5. The molecule has 0 saturated heterocycles. The maximum atomic E-state index is 13.6. The van der Waals surface area contributed by atoms with Crippen LogP contribution in [0.1, 0.15) is 128 Å². The Bertz CT molecular complexity index is 1840. The van der Waals surface area contributed by atoms with E-state index in [1.165, 1.54) is 13.8 Å². The molecule has 2 saturated carbocycles. The number of carbonyl (C=O) groups excluding carboxylic acids is 3. The van der Waals surface area contributed by atoms with Crippen molar-refractivity contribution in [3.05, 3.63) is 63.2 Å². The van der Waals surface area contributed by atoms with Crippen LogP contribution in [0.25, 0.3) is 0 Å². The molecule has 2 fully saturated rings. The lowest BCUT2D eigenvalue weighted by Gasteiger charge is -2.57. The third-order valence-electron chi connectivity index (χ3n) is 12.9. The first kappa shape index (κ1) is 38.9. The number of carboxylic acid groups (broad SMARTS) is 1. The number of allylic oxidation sites excluding steroid dienone is 5. The van der Waals surface area contributed by atoms with E-state index in [0.29, 0.717) is 37.7 Å². The fourth-order valence-corrected chi connectivity index (χ4v) is 9.66. The van der Waals surface area contributed by atoms with Crippen molar-refractivity contribution in [2.75, 3.05) is 0 Å². The number of carboxylic acids is 1. The molecule has 0 aromatic heterocycles. The lowest BCUT2D eigenvalue weighted by atomic mass is 9.46. The number of aromatic hydroxyl groups is 2. The van der Waals surface area contributed by atoms with Gasteiger partial charge in [-0.2, -0.15) is 0 Å². The fraction of sp³-hybridized carbons (Fsp3) is 0.571. The van der Waals surface area contributed by atoms with Gasteiger partial charge in [-0.1, -0.05) is 38.5 Å². The van der Waals surface area contributed by atoms with Gasteiger partial charge in [-0.3, -0.25) is 19.2 Å².